The van der Waals surface area contributed by atoms with E-state index in [0.29, 0.717) is 54.4 Å². The molecule has 218 valence electrons. The number of nitrogens with zero attached hydrogens (tertiary/aromatic N) is 7. The maximum atomic E-state index is 11.7. The van der Waals surface area contributed by atoms with E-state index < -0.39 is 6.61 Å². The first-order valence-corrected chi connectivity index (χ1v) is 14.3. The van der Waals surface area contributed by atoms with Crippen molar-refractivity contribution in [3.8, 4) is 23.2 Å². The topological polar surface area (TPSA) is 140 Å². The van der Waals surface area contributed by atoms with Crippen molar-refractivity contribution < 1.29 is 19.4 Å². The normalized spacial score (nSPS) is 19.3. The number of anilines is 3. The van der Waals surface area contributed by atoms with Crippen LogP contribution in [0.15, 0.2) is 48.8 Å². The van der Waals surface area contributed by atoms with Crippen molar-refractivity contribution in [2.24, 2.45) is 5.92 Å². The summed E-state index contributed by atoms with van der Waals surface area (Å²) in [7, 11) is 0. The second kappa shape index (κ2) is 12.7. The van der Waals surface area contributed by atoms with Gasteiger partial charge in [0.15, 0.2) is 5.82 Å². The number of amides is 1. The highest BCUT2D eigenvalue weighted by Gasteiger charge is 2.29. The Hall–Kier alpha value is -4.31. The number of hydrogen-bond acceptors (Lipinski definition) is 11. The van der Waals surface area contributed by atoms with E-state index in [9.17, 15) is 10.1 Å². The van der Waals surface area contributed by atoms with Gasteiger partial charge in [0, 0.05) is 62.1 Å². The van der Waals surface area contributed by atoms with Crippen molar-refractivity contribution in [1.82, 2.24) is 24.8 Å². The predicted octanol–water partition coefficient (Wildman–Crippen LogP) is 1.89. The smallest absolute Gasteiger partial charge is 0.248 e. The van der Waals surface area contributed by atoms with Gasteiger partial charge in [0.2, 0.25) is 11.9 Å². The number of hydrogen-bond donors (Lipinski definition) is 2. The number of nitriles is 1. The first-order chi connectivity index (χ1) is 20.6. The van der Waals surface area contributed by atoms with Gasteiger partial charge in [-0.3, -0.25) is 9.69 Å². The number of ether oxygens (including phenoxy) is 2. The lowest BCUT2D eigenvalue weighted by molar-refractivity contribution is -0.133. The third-order valence-electron chi connectivity index (χ3n) is 8.06. The minimum atomic E-state index is -0.482. The van der Waals surface area contributed by atoms with Crippen LogP contribution in [0.25, 0.3) is 11.4 Å². The van der Waals surface area contributed by atoms with Crippen LogP contribution in [0.1, 0.15) is 12.0 Å². The van der Waals surface area contributed by atoms with Crippen molar-refractivity contribution in [3.63, 3.8) is 0 Å². The molecule has 0 spiro atoms. The summed E-state index contributed by atoms with van der Waals surface area (Å²) in [5, 5.41) is 22.0. The van der Waals surface area contributed by atoms with E-state index in [1.54, 1.807) is 23.1 Å². The van der Waals surface area contributed by atoms with Gasteiger partial charge >= 0.3 is 0 Å². The minimum Gasteiger partial charge on any atom is -0.493 e. The highest BCUT2D eigenvalue weighted by Crippen LogP contribution is 2.27. The minimum absolute atomic E-state index is 0.154. The molecule has 0 radical (unpaired) electrons. The summed E-state index contributed by atoms with van der Waals surface area (Å²) in [6, 6.07) is 16.2. The highest BCUT2D eigenvalue weighted by atomic mass is 16.5. The lowest BCUT2D eigenvalue weighted by atomic mass is 10.1. The van der Waals surface area contributed by atoms with Crippen LogP contribution in [0.3, 0.4) is 0 Å². The summed E-state index contributed by atoms with van der Waals surface area (Å²) >= 11 is 0. The SMILES string of the molecule is N#Cc1cc(OC[C@H]2CCN(C(=O)CO)C2)cc(-c2ncnc(Nc3ccc(N4CCN(C5COC5)CC4)cc3)n2)c1. The van der Waals surface area contributed by atoms with Gasteiger partial charge in [0.25, 0.3) is 0 Å². The molecule has 3 aliphatic heterocycles. The highest BCUT2D eigenvalue weighted by molar-refractivity contribution is 5.77. The molecule has 1 aromatic heterocycles. The van der Waals surface area contributed by atoms with Gasteiger partial charge in [0.1, 0.15) is 18.7 Å². The molecule has 0 bridgehead atoms. The van der Waals surface area contributed by atoms with Crippen LogP contribution in [0.5, 0.6) is 5.75 Å². The van der Waals surface area contributed by atoms with E-state index in [4.69, 9.17) is 14.6 Å². The Kier molecular flexibility index (Phi) is 8.41. The molecule has 2 aromatic carbocycles. The molecule has 6 rings (SSSR count). The van der Waals surface area contributed by atoms with Crippen molar-refractivity contribution in [3.05, 3.63) is 54.4 Å². The first-order valence-electron chi connectivity index (χ1n) is 14.3. The monoisotopic (exact) mass is 570 g/mol. The second-order valence-corrected chi connectivity index (χ2v) is 10.8. The van der Waals surface area contributed by atoms with Gasteiger partial charge in [-0.25, -0.2) is 9.97 Å². The van der Waals surface area contributed by atoms with Gasteiger partial charge in [0.05, 0.1) is 37.5 Å². The number of piperazine rings is 1. The number of aliphatic hydroxyl groups excluding tert-OH is 1. The third-order valence-corrected chi connectivity index (χ3v) is 8.06. The molecule has 1 atom stereocenters. The molecule has 0 unspecified atom stereocenters. The van der Waals surface area contributed by atoms with Crippen molar-refractivity contribution >= 4 is 23.2 Å². The van der Waals surface area contributed by atoms with E-state index in [0.717, 1.165) is 51.5 Å². The van der Waals surface area contributed by atoms with Crippen LogP contribution in [0.4, 0.5) is 17.3 Å². The van der Waals surface area contributed by atoms with Gasteiger partial charge in [-0.15, -0.1) is 0 Å². The van der Waals surface area contributed by atoms with E-state index in [1.165, 1.54) is 12.0 Å². The average molecular weight is 571 g/mol. The molecule has 0 aliphatic carbocycles. The van der Waals surface area contributed by atoms with Crippen LogP contribution < -0.4 is 15.0 Å². The Balaban J connectivity index is 1.08. The summed E-state index contributed by atoms with van der Waals surface area (Å²) in [6.07, 6.45) is 2.24. The quantitative estimate of drug-likeness (QED) is 0.390. The molecular formula is C30H34N8O4. The van der Waals surface area contributed by atoms with E-state index in [2.05, 4.69) is 48.3 Å². The van der Waals surface area contributed by atoms with Crippen LogP contribution >= 0.6 is 0 Å². The van der Waals surface area contributed by atoms with Crippen molar-refractivity contribution in [2.75, 3.05) is 75.9 Å². The maximum absolute atomic E-state index is 11.7. The molecular weight excluding hydrogens is 536 g/mol. The molecule has 3 fully saturated rings. The number of rotatable bonds is 9. The molecule has 3 aromatic rings. The van der Waals surface area contributed by atoms with Crippen molar-refractivity contribution in [1.29, 1.82) is 5.26 Å². The zero-order valence-electron chi connectivity index (χ0n) is 23.4. The number of aliphatic hydroxyl groups is 1. The molecule has 12 nitrogen and oxygen atoms in total. The molecule has 1 amide bonds. The molecule has 3 aliphatic rings. The fourth-order valence-corrected chi connectivity index (χ4v) is 5.54. The summed E-state index contributed by atoms with van der Waals surface area (Å²) < 4.78 is 11.4. The van der Waals surface area contributed by atoms with Crippen molar-refractivity contribution in [2.45, 2.75) is 12.5 Å². The summed E-state index contributed by atoms with van der Waals surface area (Å²) in [4.78, 5) is 31.5. The summed E-state index contributed by atoms with van der Waals surface area (Å²) in [6.45, 7) is 6.86. The van der Waals surface area contributed by atoms with E-state index in [1.807, 2.05) is 12.1 Å². The summed E-state index contributed by atoms with van der Waals surface area (Å²) in [5.41, 5.74) is 3.12. The predicted molar refractivity (Wildman–Crippen MR) is 155 cm³/mol. The fraction of sp³-hybridized carbons (Fsp3) is 0.433. The van der Waals surface area contributed by atoms with Crippen LogP contribution in [-0.4, -0.2) is 108 Å². The summed E-state index contributed by atoms with van der Waals surface area (Å²) in [5.74, 6) is 1.23. The number of benzene rings is 2. The lowest BCUT2D eigenvalue weighted by Crippen LogP contribution is -2.56. The molecule has 12 heteroatoms. The number of likely N-dealkylation sites (tertiary alicyclic amines) is 1. The van der Waals surface area contributed by atoms with E-state index >= 15 is 0 Å². The standard InChI is InChI=1S/C30H34N8O4/c31-14-22-11-23(13-27(12-22)42-17-21-5-6-38(15-21)28(40)16-39)29-32-20-33-30(35-29)34-24-1-3-25(4-2-24)36-7-9-37(10-8-36)26-18-41-19-26/h1-4,11-13,20-21,26,39H,5-10,15-19H2,(H,32,33,34,35)/t21-/m0/s1. The Bertz CT molecular complexity index is 1430. The number of aromatic nitrogens is 3. The largest absolute Gasteiger partial charge is 0.493 e. The first kappa shape index (κ1) is 27.8. The molecule has 0 saturated carbocycles. The second-order valence-electron chi connectivity index (χ2n) is 10.8. The van der Waals surface area contributed by atoms with Crippen LogP contribution in [-0.2, 0) is 9.53 Å². The van der Waals surface area contributed by atoms with Gasteiger partial charge in [-0.2, -0.15) is 10.2 Å². The Morgan fingerprint density at radius 3 is 2.62 bits per heavy atom. The molecule has 2 N–H and O–H groups in total. The van der Waals surface area contributed by atoms with Crippen LogP contribution in [0, 0.1) is 17.2 Å². The third kappa shape index (κ3) is 6.44. The maximum Gasteiger partial charge on any atom is 0.248 e. The number of carbonyl (C=O) groups is 1. The number of nitrogens with one attached hydrogen (secondary N) is 1. The Morgan fingerprint density at radius 1 is 1.10 bits per heavy atom. The van der Waals surface area contributed by atoms with Gasteiger partial charge < -0.3 is 29.7 Å². The lowest BCUT2D eigenvalue weighted by Gasteiger charge is -2.43. The number of carbonyl (C=O) groups excluding carboxylic acids is 1. The van der Waals surface area contributed by atoms with E-state index in [-0.39, 0.29) is 11.8 Å². The Morgan fingerprint density at radius 2 is 1.90 bits per heavy atom. The molecule has 42 heavy (non-hydrogen) atoms. The fourth-order valence-electron chi connectivity index (χ4n) is 5.54. The Labute approximate surface area is 244 Å². The van der Waals surface area contributed by atoms with Gasteiger partial charge in [-0.1, -0.05) is 0 Å². The molecule has 3 saturated heterocycles. The zero-order valence-corrected chi connectivity index (χ0v) is 23.4. The van der Waals surface area contributed by atoms with Gasteiger partial charge in [-0.05, 0) is 48.9 Å². The zero-order chi connectivity index (χ0) is 28.9. The average Bonchev–Trinajstić information content (AvgIpc) is 3.49. The molecule has 4 heterocycles. The van der Waals surface area contributed by atoms with Crippen LogP contribution in [0.2, 0.25) is 0 Å².